The van der Waals surface area contributed by atoms with Gasteiger partial charge in [-0.05, 0) is 30.7 Å². The lowest BCUT2D eigenvalue weighted by molar-refractivity contribution is 0.0402. The van der Waals surface area contributed by atoms with Gasteiger partial charge in [0, 0.05) is 37.4 Å². The Balaban J connectivity index is 1.22. The second-order valence-corrected chi connectivity index (χ2v) is 12.2. The summed E-state index contributed by atoms with van der Waals surface area (Å²) in [7, 11) is -0.0263. The van der Waals surface area contributed by atoms with Crippen LogP contribution in [0.1, 0.15) is 23.0 Å². The van der Waals surface area contributed by atoms with Crippen LogP contribution in [-0.4, -0.2) is 79.0 Å². The normalized spacial score (nSPS) is 17.1. The Labute approximate surface area is 208 Å². The molecule has 1 unspecified atom stereocenters. The van der Waals surface area contributed by atoms with Gasteiger partial charge in [-0.2, -0.15) is 5.10 Å². The third-order valence-electron chi connectivity index (χ3n) is 6.14. The van der Waals surface area contributed by atoms with Crippen molar-refractivity contribution in [3.63, 3.8) is 0 Å². The van der Waals surface area contributed by atoms with E-state index < -0.39 is 10.0 Å². The van der Waals surface area contributed by atoms with Crippen LogP contribution in [0.25, 0.3) is 21.1 Å². The van der Waals surface area contributed by atoms with E-state index in [-0.39, 0.29) is 11.9 Å². The van der Waals surface area contributed by atoms with E-state index in [2.05, 4.69) is 37.5 Å². The summed E-state index contributed by atoms with van der Waals surface area (Å²) in [6.07, 6.45) is 4.22. The molecule has 1 fully saturated rings. The Morgan fingerprint density at radius 2 is 2.20 bits per heavy atom. The fourth-order valence-corrected chi connectivity index (χ4v) is 6.00. The number of hydrogen-bond acceptors (Lipinski definition) is 9. The van der Waals surface area contributed by atoms with Crippen molar-refractivity contribution in [1.29, 1.82) is 0 Å². The molecule has 12 heteroatoms. The van der Waals surface area contributed by atoms with Crippen LogP contribution in [0.15, 0.2) is 36.7 Å². The summed E-state index contributed by atoms with van der Waals surface area (Å²) in [4.78, 5) is 12.8. The molecule has 0 amide bonds. The summed E-state index contributed by atoms with van der Waals surface area (Å²) in [5.41, 5.74) is 3.04. The van der Waals surface area contributed by atoms with Gasteiger partial charge in [0.25, 0.3) is 0 Å². The maximum absolute atomic E-state index is 11.9. The summed E-state index contributed by atoms with van der Waals surface area (Å²) < 4.78 is 32.1. The fourth-order valence-electron chi connectivity index (χ4n) is 4.18. The first kappa shape index (κ1) is 24.1. The average Bonchev–Trinajstić information content (AvgIpc) is 3.49. The van der Waals surface area contributed by atoms with Gasteiger partial charge in [-0.15, -0.1) is 11.3 Å². The molecule has 35 heavy (non-hydrogen) atoms. The minimum Gasteiger partial charge on any atom is -0.370 e. The van der Waals surface area contributed by atoms with Crippen LogP contribution in [0.2, 0.25) is 0 Å². The number of nitrogens with zero attached hydrogens (tertiary/aromatic N) is 5. The maximum atomic E-state index is 11.9. The van der Waals surface area contributed by atoms with Crippen molar-refractivity contribution in [3.8, 4) is 0 Å². The van der Waals surface area contributed by atoms with E-state index in [1.165, 1.54) is 4.31 Å². The summed E-state index contributed by atoms with van der Waals surface area (Å²) in [5.74, 6) is 0.848. The number of thiophene rings is 1. The molecule has 1 aliphatic rings. The zero-order chi connectivity index (χ0) is 24.4. The Morgan fingerprint density at radius 3 is 3.06 bits per heavy atom. The molecule has 186 valence electrons. The van der Waals surface area contributed by atoms with Crippen molar-refractivity contribution in [2.24, 2.45) is 0 Å². The second kappa shape index (κ2) is 10.2. The van der Waals surface area contributed by atoms with E-state index in [9.17, 15) is 8.42 Å². The van der Waals surface area contributed by atoms with E-state index in [1.54, 1.807) is 25.4 Å². The second-order valence-electron chi connectivity index (χ2n) is 8.74. The monoisotopic (exact) mass is 515 g/mol. The Hall–Kier alpha value is -2.64. The highest BCUT2D eigenvalue weighted by atomic mass is 32.2. The molecule has 5 rings (SSSR count). The van der Waals surface area contributed by atoms with Crippen LogP contribution >= 0.6 is 11.3 Å². The number of ether oxygens (including phenoxy) is 1. The van der Waals surface area contributed by atoms with Crippen LogP contribution in [0, 0.1) is 0 Å². The van der Waals surface area contributed by atoms with Gasteiger partial charge in [-0.25, -0.2) is 22.7 Å². The number of anilines is 1. The first-order valence-corrected chi connectivity index (χ1v) is 14.0. The minimum absolute atomic E-state index is 0.0807. The fraction of sp³-hybridized carbons (Fsp3) is 0.435. The molecule has 0 radical (unpaired) electrons. The number of aromatic nitrogens is 4. The van der Waals surface area contributed by atoms with Crippen LogP contribution in [0.3, 0.4) is 0 Å². The number of benzene rings is 1. The Kier molecular flexibility index (Phi) is 6.98. The number of hydrogen-bond donors (Lipinski definition) is 2. The molecule has 0 aliphatic carbocycles. The highest BCUT2D eigenvalue weighted by molar-refractivity contribution is 7.89. The topological polar surface area (TPSA) is 116 Å². The van der Waals surface area contributed by atoms with Gasteiger partial charge in [-0.3, -0.25) is 5.10 Å². The lowest BCUT2D eigenvalue weighted by atomic mass is 10.0. The molecule has 1 aromatic carbocycles. The average molecular weight is 516 g/mol. The number of fused-ring (bicyclic) bond motifs is 2. The quantitative estimate of drug-likeness (QED) is 0.327. The first-order valence-electron chi connectivity index (χ1n) is 11.6. The molecule has 4 heterocycles. The number of rotatable bonds is 9. The first-order chi connectivity index (χ1) is 16.9. The van der Waals surface area contributed by atoms with Crippen molar-refractivity contribution in [3.05, 3.63) is 47.1 Å². The molecule has 1 aliphatic heterocycles. The van der Waals surface area contributed by atoms with E-state index in [4.69, 9.17) is 9.72 Å². The van der Waals surface area contributed by atoms with Gasteiger partial charge in [0.2, 0.25) is 16.0 Å². The standard InChI is InChI=1S/C23H29N7O3S2/c1-29(2)35(31,32)10-4-7-24-12-16-11-20-22(34-16)14-25-23(27-20)30-8-9-33-21(15-30)17-5-3-6-19-18(17)13-26-28-19/h3,5-6,11,13-14,21,24H,4,7-10,12,15H2,1-2H3,(H,26,28). The summed E-state index contributed by atoms with van der Waals surface area (Å²) >= 11 is 1.65. The van der Waals surface area contributed by atoms with E-state index >= 15 is 0 Å². The third-order valence-corrected chi connectivity index (χ3v) is 9.11. The minimum atomic E-state index is -3.15. The number of H-pyrrole nitrogens is 1. The molecule has 0 spiro atoms. The van der Waals surface area contributed by atoms with Gasteiger partial charge in [-0.1, -0.05) is 12.1 Å². The smallest absolute Gasteiger partial charge is 0.226 e. The molecule has 10 nitrogen and oxygen atoms in total. The van der Waals surface area contributed by atoms with Crippen LogP contribution in [0.4, 0.5) is 5.95 Å². The predicted molar refractivity (Wildman–Crippen MR) is 138 cm³/mol. The molecular formula is C23H29N7O3S2. The Bertz CT molecular complexity index is 1420. The van der Waals surface area contributed by atoms with Crippen molar-refractivity contribution in [2.75, 3.05) is 51.0 Å². The van der Waals surface area contributed by atoms with Crippen LogP contribution in [-0.2, 0) is 21.3 Å². The van der Waals surface area contributed by atoms with Crippen LogP contribution in [0.5, 0.6) is 0 Å². The highest BCUT2D eigenvalue weighted by Gasteiger charge is 2.25. The number of sulfonamides is 1. The van der Waals surface area contributed by atoms with E-state index in [1.807, 2.05) is 24.5 Å². The van der Waals surface area contributed by atoms with Gasteiger partial charge >= 0.3 is 0 Å². The summed E-state index contributed by atoms with van der Waals surface area (Å²) in [5, 5.41) is 11.6. The lowest BCUT2D eigenvalue weighted by Crippen LogP contribution is -2.39. The predicted octanol–water partition coefficient (Wildman–Crippen LogP) is 2.52. The SMILES string of the molecule is CN(C)S(=O)(=O)CCCNCc1cc2nc(N3CCOC(c4cccc5[nH]ncc45)C3)ncc2s1. The third kappa shape index (κ3) is 5.31. The molecule has 4 aromatic rings. The van der Waals surface area contributed by atoms with Crippen molar-refractivity contribution in [2.45, 2.75) is 19.1 Å². The van der Waals surface area contributed by atoms with Crippen molar-refractivity contribution in [1.82, 2.24) is 29.8 Å². The van der Waals surface area contributed by atoms with Gasteiger partial charge in [0.15, 0.2) is 0 Å². The molecule has 0 bridgehead atoms. The van der Waals surface area contributed by atoms with Gasteiger partial charge < -0.3 is 15.0 Å². The lowest BCUT2D eigenvalue weighted by Gasteiger charge is -2.33. The summed E-state index contributed by atoms with van der Waals surface area (Å²) in [6, 6.07) is 8.20. The van der Waals surface area contributed by atoms with E-state index in [0.717, 1.165) is 38.1 Å². The highest BCUT2D eigenvalue weighted by Crippen LogP contribution is 2.31. The number of aromatic amines is 1. The largest absolute Gasteiger partial charge is 0.370 e. The zero-order valence-electron chi connectivity index (χ0n) is 19.8. The Morgan fingerprint density at radius 1 is 1.31 bits per heavy atom. The van der Waals surface area contributed by atoms with Crippen LogP contribution < -0.4 is 10.2 Å². The maximum Gasteiger partial charge on any atom is 0.226 e. The molecule has 1 saturated heterocycles. The molecular weight excluding hydrogens is 486 g/mol. The van der Waals surface area contributed by atoms with Gasteiger partial charge in [0.05, 0.1) is 47.0 Å². The number of nitrogens with one attached hydrogen (secondary N) is 2. The van der Waals surface area contributed by atoms with Crippen molar-refractivity contribution >= 4 is 48.4 Å². The summed E-state index contributed by atoms with van der Waals surface area (Å²) in [6.45, 7) is 3.31. The number of morpholine rings is 1. The van der Waals surface area contributed by atoms with E-state index in [0.29, 0.717) is 38.6 Å². The van der Waals surface area contributed by atoms with Gasteiger partial charge in [0.1, 0.15) is 6.10 Å². The molecule has 0 saturated carbocycles. The van der Waals surface area contributed by atoms with Crippen molar-refractivity contribution < 1.29 is 13.2 Å². The molecule has 3 aromatic heterocycles. The zero-order valence-corrected chi connectivity index (χ0v) is 21.4. The molecule has 1 atom stereocenters. The molecule has 2 N–H and O–H groups in total.